The first-order valence-corrected chi connectivity index (χ1v) is 4.60. The summed E-state index contributed by atoms with van der Waals surface area (Å²) in [5.41, 5.74) is 0. The number of hydrogen-bond donors (Lipinski definition) is 0. The molecule has 0 aliphatic heterocycles. The number of rotatable bonds is 4. The summed E-state index contributed by atoms with van der Waals surface area (Å²) in [6, 6.07) is 0. The van der Waals surface area contributed by atoms with Crippen molar-refractivity contribution in [1.29, 1.82) is 0 Å². The van der Waals surface area contributed by atoms with Gasteiger partial charge in [0.2, 0.25) is 0 Å². The van der Waals surface area contributed by atoms with Crippen LogP contribution in [-0.4, -0.2) is 20.3 Å². The third-order valence-electron chi connectivity index (χ3n) is 1.30. The average molecular weight is 164 g/mol. The summed E-state index contributed by atoms with van der Waals surface area (Å²) in [5, 5.41) is -0.462. The second-order valence-electron chi connectivity index (χ2n) is 2.00. The van der Waals surface area contributed by atoms with Crippen LogP contribution >= 0.6 is 0 Å². The zero-order valence-corrected chi connectivity index (χ0v) is 7.02. The molecular formula is C6H12O3S. The molecular weight excluding hydrogens is 152 g/mol. The smallest absolute Gasteiger partial charge is 0.269 e. The molecule has 0 bridgehead atoms. The van der Waals surface area contributed by atoms with E-state index in [1.807, 2.05) is 0 Å². The number of hydrogen-bond acceptors (Lipinski definition) is 3. The van der Waals surface area contributed by atoms with Crippen LogP contribution in [0.25, 0.3) is 0 Å². The van der Waals surface area contributed by atoms with E-state index >= 15 is 0 Å². The van der Waals surface area contributed by atoms with E-state index < -0.39 is 15.4 Å². The maximum atomic E-state index is 10.9. The summed E-state index contributed by atoms with van der Waals surface area (Å²) in [7, 11) is -3.39. The second kappa shape index (κ2) is 3.93. The van der Waals surface area contributed by atoms with E-state index in [1.165, 1.54) is 0 Å². The minimum atomic E-state index is -3.39. The minimum absolute atomic E-state index is 0.271. The molecule has 60 valence electrons. The highest BCUT2D eigenvalue weighted by Crippen LogP contribution is 2.06. The van der Waals surface area contributed by atoms with Crippen LogP contribution in [0.15, 0.2) is 0 Å². The topological polar surface area (TPSA) is 43.4 Å². The van der Waals surface area contributed by atoms with E-state index in [0.29, 0.717) is 6.42 Å². The summed E-state index contributed by atoms with van der Waals surface area (Å²) in [4.78, 5) is 0. The van der Waals surface area contributed by atoms with E-state index in [-0.39, 0.29) is 6.61 Å². The molecule has 0 saturated heterocycles. The molecule has 2 radical (unpaired) electrons. The fourth-order valence-electron chi connectivity index (χ4n) is 0.415. The molecule has 1 unspecified atom stereocenters. The molecule has 0 amide bonds. The van der Waals surface area contributed by atoms with Gasteiger partial charge in [0.1, 0.15) is 0 Å². The highest BCUT2D eigenvalue weighted by atomic mass is 32.2. The van der Waals surface area contributed by atoms with Crippen molar-refractivity contribution in [1.82, 2.24) is 0 Å². The maximum absolute atomic E-state index is 10.9. The van der Waals surface area contributed by atoms with Crippen molar-refractivity contribution in [3.05, 3.63) is 6.92 Å². The summed E-state index contributed by atoms with van der Waals surface area (Å²) in [6.07, 6.45) is 0.544. The van der Waals surface area contributed by atoms with Gasteiger partial charge in [-0.2, -0.15) is 8.42 Å². The second-order valence-corrected chi connectivity index (χ2v) is 4.02. The Bertz CT molecular complexity index is 171. The standard InChI is InChI=1S/C6H12O3S/c1-4-6(3)10(7,8)9-5-2/h2,6H,4-5H2,1,3H3. The normalized spacial score (nSPS) is 15.1. The first-order valence-electron chi connectivity index (χ1n) is 3.13. The molecule has 0 aromatic rings. The van der Waals surface area contributed by atoms with Crippen molar-refractivity contribution in [3.63, 3.8) is 0 Å². The van der Waals surface area contributed by atoms with Gasteiger partial charge in [-0.05, 0) is 20.3 Å². The fraction of sp³-hybridized carbons (Fsp3) is 0.833. The molecule has 0 aliphatic rings. The Morgan fingerprint density at radius 1 is 1.60 bits per heavy atom. The van der Waals surface area contributed by atoms with E-state index in [9.17, 15) is 8.42 Å². The van der Waals surface area contributed by atoms with Crippen LogP contribution in [0.4, 0.5) is 0 Å². The molecule has 4 heteroatoms. The summed E-state index contributed by atoms with van der Waals surface area (Å²) in [5.74, 6) is 0. The lowest BCUT2D eigenvalue weighted by Crippen LogP contribution is -2.19. The van der Waals surface area contributed by atoms with Gasteiger partial charge in [0.25, 0.3) is 10.1 Å². The van der Waals surface area contributed by atoms with Crippen LogP contribution < -0.4 is 0 Å². The van der Waals surface area contributed by atoms with Crippen LogP contribution in [0.3, 0.4) is 0 Å². The van der Waals surface area contributed by atoms with Crippen molar-refractivity contribution in [3.8, 4) is 0 Å². The Labute approximate surface area is 62.5 Å². The lowest BCUT2D eigenvalue weighted by atomic mass is 10.4. The zero-order chi connectivity index (χ0) is 8.20. The van der Waals surface area contributed by atoms with Gasteiger partial charge in [0, 0.05) is 0 Å². The monoisotopic (exact) mass is 164 g/mol. The summed E-state index contributed by atoms with van der Waals surface area (Å²) in [6.45, 7) is 8.00. The Hall–Kier alpha value is -0.0900. The van der Waals surface area contributed by atoms with E-state index in [0.717, 1.165) is 0 Å². The van der Waals surface area contributed by atoms with Gasteiger partial charge >= 0.3 is 0 Å². The van der Waals surface area contributed by atoms with E-state index in [1.54, 1.807) is 13.8 Å². The molecule has 3 nitrogen and oxygen atoms in total. The van der Waals surface area contributed by atoms with E-state index in [4.69, 9.17) is 6.92 Å². The zero-order valence-electron chi connectivity index (χ0n) is 6.20. The fourth-order valence-corrected chi connectivity index (χ4v) is 1.25. The molecule has 0 rings (SSSR count). The first kappa shape index (κ1) is 9.91. The molecule has 0 saturated carbocycles. The van der Waals surface area contributed by atoms with Crippen molar-refractivity contribution < 1.29 is 12.6 Å². The van der Waals surface area contributed by atoms with Gasteiger partial charge in [0.15, 0.2) is 0 Å². The van der Waals surface area contributed by atoms with Crippen LogP contribution in [0.5, 0.6) is 0 Å². The predicted molar refractivity (Wildman–Crippen MR) is 38.9 cm³/mol. The van der Waals surface area contributed by atoms with Gasteiger partial charge < -0.3 is 0 Å². The molecule has 10 heavy (non-hydrogen) atoms. The Morgan fingerprint density at radius 3 is 2.40 bits per heavy atom. The highest BCUT2D eigenvalue weighted by molar-refractivity contribution is 7.87. The lowest BCUT2D eigenvalue weighted by Gasteiger charge is -2.07. The maximum Gasteiger partial charge on any atom is 0.269 e. The SMILES string of the molecule is [CH]COS(=O)(=O)C(C)CC. The molecule has 1 atom stereocenters. The van der Waals surface area contributed by atoms with Crippen molar-refractivity contribution >= 4 is 10.1 Å². The van der Waals surface area contributed by atoms with Gasteiger partial charge in [-0.1, -0.05) is 6.92 Å². The highest BCUT2D eigenvalue weighted by Gasteiger charge is 2.18. The lowest BCUT2D eigenvalue weighted by molar-refractivity contribution is 0.348. The van der Waals surface area contributed by atoms with Crippen molar-refractivity contribution in [2.75, 3.05) is 6.61 Å². The molecule has 0 spiro atoms. The van der Waals surface area contributed by atoms with E-state index in [2.05, 4.69) is 4.18 Å². The third kappa shape index (κ3) is 2.66. The van der Waals surface area contributed by atoms with Gasteiger partial charge in [0.05, 0.1) is 11.9 Å². The van der Waals surface area contributed by atoms with Crippen LogP contribution in [0.1, 0.15) is 20.3 Å². The molecule has 0 aliphatic carbocycles. The molecule has 0 heterocycles. The van der Waals surface area contributed by atoms with Crippen LogP contribution in [0.2, 0.25) is 0 Å². The first-order chi connectivity index (χ1) is 4.54. The summed E-state index contributed by atoms with van der Waals surface area (Å²) < 4.78 is 26.1. The largest absolute Gasteiger partial charge is 0.270 e. The summed E-state index contributed by atoms with van der Waals surface area (Å²) >= 11 is 0. The van der Waals surface area contributed by atoms with Crippen molar-refractivity contribution in [2.24, 2.45) is 0 Å². The molecule has 0 N–H and O–H groups in total. The van der Waals surface area contributed by atoms with Gasteiger partial charge in [-0.3, -0.25) is 4.18 Å². The van der Waals surface area contributed by atoms with Gasteiger partial charge in [-0.25, -0.2) is 0 Å². The molecule has 0 aromatic heterocycles. The Balaban J connectivity index is 4.12. The predicted octanol–water partition coefficient (Wildman–Crippen LogP) is 0.842. The third-order valence-corrected chi connectivity index (χ3v) is 3.08. The Kier molecular flexibility index (Phi) is 3.89. The average Bonchev–Trinajstić information content (AvgIpc) is 1.86. The minimum Gasteiger partial charge on any atom is -0.270 e. The molecule has 0 aromatic carbocycles. The molecule has 0 fully saturated rings. The Morgan fingerprint density at radius 2 is 2.10 bits per heavy atom. The van der Waals surface area contributed by atoms with Crippen LogP contribution in [-0.2, 0) is 14.3 Å². The quantitative estimate of drug-likeness (QED) is 0.578. The van der Waals surface area contributed by atoms with Crippen LogP contribution in [0, 0.1) is 6.92 Å². The van der Waals surface area contributed by atoms with Gasteiger partial charge in [-0.15, -0.1) is 0 Å². The van der Waals surface area contributed by atoms with Crippen molar-refractivity contribution in [2.45, 2.75) is 25.5 Å².